The third-order valence-electron chi connectivity index (χ3n) is 3.20. The molecule has 0 aromatic heterocycles. The molecule has 1 aliphatic heterocycles. The molecule has 110 valence electrons. The average molecular weight is 279 g/mol. The summed E-state index contributed by atoms with van der Waals surface area (Å²) in [6.07, 6.45) is -0.374. The molecule has 1 unspecified atom stereocenters. The van der Waals surface area contributed by atoms with Crippen molar-refractivity contribution in [3.05, 3.63) is 23.8 Å². The number of amides is 1. The largest absolute Gasteiger partial charge is 0.399 e. The number of nitrogens with two attached hydrogens (primary N) is 2. The zero-order chi connectivity index (χ0) is 14.9. The predicted molar refractivity (Wildman–Crippen MR) is 77.2 cm³/mol. The van der Waals surface area contributed by atoms with Crippen molar-refractivity contribution in [2.75, 3.05) is 31.2 Å². The van der Waals surface area contributed by atoms with Gasteiger partial charge in [0, 0.05) is 30.0 Å². The first-order valence-corrected chi connectivity index (χ1v) is 6.55. The van der Waals surface area contributed by atoms with Gasteiger partial charge in [-0.05, 0) is 32.0 Å². The van der Waals surface area contributed by atoms with Gasteiger partial charge >= 0.3 is 0 Å². The number of hydrogen-bond donors (Lipinski definition) is 3. The minimum absolute atomic E-state index is 0.119. The van der Waals surface area contributed by atoms with Gasteiger partial charge in [0.15, 0.2) is 0 Å². The Morgan fingerprint density at radius 3 is 2.55 bits per heavy atom. The standard InChI is InChI=1S/C14H21N3O3/c1-14(2)8-17(6-12(7-18)20-14)13(19)9-3-10(15)5-11(16)4-9/h3-5,12,18H,6-8,15-16H2,1-2H3. The maximum Gasteiger partial charge on any atom is 0.254 e. The number of carbonyl (C=O) groups is 1. The van der Waals surface area contributed by atoms with Gasteiger partial charge in [0.1, 0.15) is 0 Å². The Bertz CT molecular complexity index is 496. The van der Waals surface area contributed by atoms with Crippen LogP contribution in [0.4, 0.5) is 11.4 Å². The molecular formula is C14H21N3O3. The van der Waals surface area contributed by atoms with Gasteiger partial charge in [-0.15, -0.1) is 0 Å². The van der Waals surface area contributed by atoms with Crippen LogP contribution >= 0.6 is 0 Å². The van der Waals surface area contributed by atoms with E-state index in [0.29, 0.717) is 30.0 Å². The second-order valence-corrected chi connectivity index (χ2v) is 5.76. The fraction of sp³-hybridized carbons (Fsp3) is 0.500. The molecule has 1 aromatic carbocycles. The van der Waals surface area contributed by atoms with E-state index in [9.17, 15) is 9.90 Å². The van der Waals surface area contributed by atoms with Crippen molar-refractivity contribution in [3.8, 4) is 0 Å². The number of morpholine rings is 1. The lowest BCUT2D eigenvalue weighted by atomic mass is 10.0. The number of benzene rings is 1. The third-order valence-corrected chi connectivity index (χ3v) is 3.20. The molecule has 2 rings (SSSR count). The summed E-state index contributed by atoms with van der Waals surface area (Å²) in [4.78, 5) is 14.2. The molecule has 1 aliphatic rings. The lowest BCUT2D eigenvalue weighted by Crippen LogP contribution is -2.55. The summed E-state index contributed by atoms with van der Waals surface area (Å²) in [5, 5.41) is 9.28. The number of anilines is 2. The van der Waals surface area contributed by atoms with Gasteiger partial charge in [-0.25, -0.2) is 0 Å². The molecule has 1 aromatic rings. The lowest BCUT2D eigenvalue weighted by Gasteiger charge is -2.42. The van der Waals surface area contributed by atoms with Crippen molar-refractivity contribution in [2.45, 2.75) is 25.6 Å². The first-order chi connectivity index (χ1) is 9.30. The Kier molecular flexibility index (Phi) is 3.87. The van der Waals surface area contributed by atoms with Gasteiger partial charge in [-0.3, -0.25) is 4.79 Å². The van der Waals surface area contributed by atoms with E-state index in [1.165, 1.54) is 0 Å². The van der Waals surface area contributed by atoms with Crippen molar-refractivity contribution in [1.29, 1.82) is 0 Å². The maximum absolute atomic E-state index is 12.5. The summed E-state index contributed by atoms with van der Waals surface area (Å²) in [5.41, 5.74) is 12.3. The van der Waals surface area contributed by atoms with E-state index in [-0.39, 0.29) is 18.6 Å². The van der Waals surface area contributed by atoms with E-state index < -0.39 is 5.60 Å². The van der Waals surface area contributed by atoms with Crippen molar-refractivity contribution in [3.63, 3.8) is 0 Å². The minimum atomic E-state index is -0.493. The van der Waals surface area contributed by atoms with E-state index in [1.807, 2.05) is 13.8 Å². The molecule has 1 heterocycles. The molecule has 1 saturated heterocycles. The zero-order valence-corrected chi connectivity index (χ0v) is 11.8. The Morgan fingerprint density at radius 2 is 2.00 bits per heavy atom. The molecule has 1 fully saturated rings. The van der Waals surface area contributed by atoms with Crippen LogP contribution < -0.4 is 11.5 Å². The highest BCUT2D eigenvalue weighted by atomic mass is 16.5. The smallest absolute Gasteiger partial charge is 0.254 e. The molecule has 0 aliphatic carbocycles. The second-order valence-electron chi connectivity index (χ2n) is 5.76. The van der Waals surface area contributed by atoms with E-state index in [1.54, 1.807) is 23.1 Å². The van der Waals surface area contributed by atoms with Crippen LogP contribution in [0.15, 0.2) is 18.2 Å². The van der Waals surface area contributed by atoms with Crippen LogP contribution in [0.2, 0.25) is 0 Å². The summed E-state index contributed by atoms with van der Waals surface area (Å²) in [5.74, 6) is -0.154. The van der Waals surface area contributed by atoms with Crippen molar-refractivity contribution in [1.82, 2.24) is 4.90 Å². The molecule has 0 saturated carbocycles. The molecule has 6 heteroatoms. The van der Waals surface area contributed by atoms with Crippen molar-refractivity contribution >= 4 is 17.3 Å². The SMILES string of the molecule is CC1(C)CN(C(=O)c2cc(N)cc(N)c2)CC(CO)O1. The normalized spacial score (nSPS) is 21.8. The lowest BCUT2D eigenvalue weighted by molar-refractivity contribution is -0.139. The van der Waals surface area contributed by atoms with Gasteiger partial charge in [-0.1, -0.05) is 0 Å². The van der Waals surface area contributed by atoms with E-state index in [4.69, 9.17) is 16.2 Å². The monoisotopic (exact) mass is 279 g/mol. The van der Waals surface area contributed by atoms with Gasteiger partial charge in [-0.2, -0.15) is 0 Å². The Labute approximate surface area is 118 Å². The summed E-state index contributed by atoms with van der Waals surface area (Å²) >= 11 is 0. The van der Waals surface area contributed by atoms with Crippen LogP contribution in [-0.2, 0) is 4.74 Å². The third kappa shape index (κ3) is 3.20. The molecule has 0 spiro atoms. The van der Waals surface area contributed by atoms with Gasteiger partial charge < -0.3 is 26.2 Å². The number of carbonyl (C=O) groups excluding carboxylic acids is 1. The second kappa shape index (κ2) is 5.30. The van der Waals surface area contributed by atoms with Crippen LogP contribution in [0.5, 0.6) is 0 Å². The van der Waals surface area contributed by atoms with Crippen LogP contribution in [-0.4, -0.2) is 47.3 Å². The molecule has 1 atom stereocenters. The molecule has 5 N–H and O–H groups in total. The van der Waals surface area contributed by atoms with E-state index in [2.05, 4.69) is 0 Å². The molecule has 6 nitrogen and oxygen atoms in total. The Balaban J connectivity index is 2.23. The van der Waals surface area contributed by atoms with Crippen LogP contribution in [0.25, 0.3) is 0 Å². The maximum atomic E-state index is 12.5. The highest BCUT2D eigenvalue weighted by molar-refractivity contribution is 5.96. The van der Waals surface area contributed by atoms with Crippen LogP contribution in [0, 0.1) is 0 Å². The topological polar surface area (TPSA) is 102 Å². The van der Waals surface area contributed by atoms with Crippen LogP contribution in [0.3, 0.4) is 0 Å². The molecular weight excluding hydrogens is 258 g/mol. The van der Waals surface area contributed by atoms with Gasteiger partial charge in [0.05, 0.1) is 18.3 Å². The molecule has 0 radical (unpaired) electrons. The quantitative estimate of drug-likeness (QED) is 0.683. The number of rotatable bonds is 2. The van der Waals surface area contributed by atoms with Crippen molar-refractivity contribution < 1.29 is 14.6 Å². The summed E-state index contributed by atoms with van der Waals surface area (Å²) < 4.78 is 5.69. The summed E-state index contributed by atoms with van der Waals surface area (Å²) in [6.45, 7) is 4.47. The van der Waals surface area contributed by atoms with E-state index in [0.717, 1.165) is 0 Å². The Hall–Kier alpha value is -1.79. The number of nitrogen functional groups attached to an aromatic ring is 2. The number of hydrogen-bond acceptors (Lipinski definition) is 5. The van der Waals surface area contributed by atoms with Gasteiger partial charge in [0.25, 0.3) is 5.91 Å². The average Bonchev–Trinajstić information content (AvgIpc) is 2.34. The minimum Gasteiger partial charge on any atom is -0.399 e. The van der Waals surface area contributed by atoms with Crippen LogP contribution in [0.1, 0.15) is 24.2 Å². The molecule has 20 heavy (non-hydrogen) atoms. The predicted octanol–water partition coefficient (Wildman–Crippen LogP) is 0.463. The number of ether oxygens (including phenoxy) is 1. The zero-order valence-electron chi connectivity index (χ0n) is 11.8. The fourth-order valence-corrected chi connectivity index (χ4v) is 2.53. The number of nitrogens with zero attached hydrogens (tertiary/aromatic N) is 1. The number of aliphatic hydroxyl groups excluding tert-OH is 1. The molecule has 0 bridgehead atoms. The first-order valence-electron chi connectivity index (χ1n) is 6.55. The number of aliphatic hydroxyl groups is 1. The highest BCUT2D eigenvalue weighted by Crippen LogP contribution is 2.23. The fourth-order valence-electron chi connectivity index (χ4n) is 2.53. The van der Waals surface area contributed by atoms with Crippen molar-refractivity contribution in [2.24, 2.45) is 0 Å². The Morgan fingerprint density at radius 1 is 1.40 bits per heavy atom. The highest BCUT2D eigenvalue weighted by Gasteiger charge is 2.35. The summed E-state index contributed by atoms with van der Waals surface area (Å²) in [7, 11) is 0. The summed E-state index contributed by atoms with van der Waals surface area (Å²) in [6, 6.07) is 4.82. The molecule has 1 amide bonds. The first kappa shape index (κ1) is 14.6. The van der Waals surface area contributed by atoms with E-state index >= 15 is 0 Å². The van der Waals surface area contributed by atoms with Gasteiger partial charge in [0.2, 0.25) is 0 Å².